The van der Waals surface area contributed by atoms with Crippen molar-refractivity contribution in [1.29, 1.82) is 0 Å². The predicted molar refractivity (Wildman–Crippen MR) is 78.3 cm³/mol. The summed E-state index contributed by atoms with van der Waals surface area (Å²) in [7, 11) is 3.86. The van der Waals surface area contributed by atoms with Gasteiger partial charge in [0.2, 0.25) is 0 Å². The van der Waals surface area contributed by atoms with E-state index in [0.29, 0.717) is 6.04 Å². The van der Waals surface area contributed by atoms with Crippen LogP contribution in [0.15, 0.2) is 18.2 Å². The maximum Gasteiger partial charge on any atom is 0.0587 e. The molecule has 0 radical (unpaired) electrons. The van der Waals surface area contributed by atoms with Gasteiger partial charge in [0.05, 0.1) is 6.61 Å². The molecule has 1 aromatic carbocycles. The van der Waals surface area contributed by atoms with Crippen LogP contribution in [0.2, 0.25) is 0 Å². The molecule has 0 unspecified atom stereocenters. The van der Waals surface area contributed by atoms with E-state index in [4.69, 9.17) is 4.74 Å². The second-order valence-corrected chi connectivity index (χ2v) is 4.99. The molecule has 0 atom stereocenters. The second-order valence-electron chi connectivity index (χ2n) is 4.99. The Bertz CT molecular complexity index is 364. The minimum atomic E-state index is 0.523. The van der Waals surface area contributed by atoms with Crippen molar-refractivity contribution in [3.05, 3.63) is 29.3 Å². The largest absolute Gasteiger partial charge is 0.383 e. The van der Waals surface area contributed by atoms with E-state index >= 15 is 0 Å². The highest BCUT2D eigenvalue weighted by atomic mass is 16.5. The van der Waals surface area contributed by atoms with E-state index in [1.54, 1.807) is 7.11 Å². The second kappa shape index (κ2) is 7.39. The summed E-state index contributed by atoms with van der Waals surface area (Å²) in [6.45, 7) is 9.13. The average molecular weight is 250 g/mol. The quantitative estimate of drug-likeness (QED) is 0.753. The van der Waals surface area contributed by atoms with Crippen LogP contribution in [0.1, 0.15) is 25.0 Å². The van der Waals surface area contributed by atoms with Gasteiger partial charge < -0.3 is 15.0 Å². The number of aryl methyl sites for hydroxylation is 1. The van der Waals surface area contributed by atoms with Gasteiger partial charge in [0.1, 0.15) is 0 Å². The molecule has 0 amide bonds. The highest BCUT2D eigenvalue weighted by Gasteiger charge is 2.06. The Balaban J connectivity index is 2.62. The Morgan fingerprint density at radius 1 is 1.33 bits per heavy atom. The van der Waals surface area contributed by atoms with E-state index in [0.717, 1.165) is 19.7 Å². The molecule has 3 nitrogen and oxygen atoms in total. The maximum atomic E-state index is 5.02. The van der Waals surface area contributed by atoms with Crippen LogP contribution in [-0.2, 0) is 11.3 Å². The third kappa shape index (κ3) is 4.31. The van der Waals surface area contributed by atoms with E-state index in [9.17, 15) is 0 Å². The Labute approximate surface area is 111 Å². The number of rotatable bonds is 7. The SMILES string of the molecule is COCCNCc1ccc(N(C)C(C)C)cc1C. The molecule has 3 heteroatoms. The molecule has 0 heterocycles. The number of benzene rings is 1. The van der Waals surface area contributed by atoms with Crippen molar-refractivity contribution in [1.82, 2.24) is 5.32 Å². The first-order valence-corrected chi connectivity index (χ1v) is 6.58. The van der Waals surface area contributed by atoms with Crippen molar-refractivity contribution in [2.45, 2.75) is 33.4 Å². The van der Waals surface area contributed by atoms with Gasteiger partial charge in [-0.1, -0.05) is 6.07 Å². The fourth-order valence-electron chi connectivity index (χ4n) is 1.79. The summed E-state index contributed by atoms with van der Waals surface area (Å²) in [6.07, 6.45) is 0. The number of nitrogens with one attached hydrogen (secondary N) is 1. The van der Waals surface area contributed by atoms with Gasteiger partial charge in [-0.05, 0) is 44.0 Å². The molecule has 0 saturated carbocycles. The summed E-state index contributed by atoms with van der Waals surface area (Å²) in [5, 5.41) is 3.38. The Morgan fingerprint density at radius 3 is 2.61 bits per heavy atom. The highest BCUT2D eigenvalue weighted by molar-refractivity contribution is 5.50. The van der Waals surface area contributed by atoms with Crippen LogP contribution >= 0.6 is 0 Å². The zero-order valence-electron chi connectivity index (χ0n) is 12.3. The summed E-state index contributed by atoms with van der Waals surface area (Å²) in [6, 6.07) is 7.19. The van der Waals surface area contributed by atoms with Gasteiger partial charge >= 0.3 is 0 Å². The fraction of sp³-hybridized carbons (Fsp3) is 0.600. The summed E-state index contributed by atoms with van der Waals surface area (Å²) < 4.78 is 5.02. The smallest absolute Gasteiger partial charge is 0.0587 e. The summed E-state index contributed by atoms with van der Waals surface area (Å²) in [4.78, 5) is 2.29. The van der Waals surface area contributed by atoms with E-state index in [1.165, 1.54) is 16.8 Å². The van der Waals surface area contributed by atoms with Crippen molar-refractivity contribution in [3.63, 3.8) is 0 Å². The first kappa shape index (κ1) is 15.0. The van der Waals surface area contributed by atoms with Crippen LogP contribution in [0.4, 0.5) is 5.69 Å². The monoisotopic (exact) mass is 250 g/mol. The van der Waals surface area contributed by atoms with Gasteiger partial charge in [0.15, 0.2) is 0 Å². The molecule has 0 saturated heterocycles. The van der Waals surface area contributed by atoms with Gasteiger partial charge in [0.25, 0.3) is 0 Å². The molecule has 102 valence electrons. The van der Waals surface area contributed by atoms with Crippen LogP contribution in [0.3, 0.4) is 0 Å². The summed E-state index contributed by atoms with van der Waals surface area (Å²) in [5.74, 6) is 0. The minimum Gasteiger partial charge on any atom is -0.383 e. The molecule has 0 aromatic heterocycles. The zero-order valence-corrected chi connectivity index (χ0v) is 12.3. The third-order valence-corrected chi connectivity index (χ3v) is 3.31. The lowest BCUT2D eigenvalue weighted by molar-refractivity contribution is 0.199. The Hall–Kier alpha value is -1.06. The van der Waals surface area contributed by atoms with Crippen molar-refractivity contribution in [2.24, 2.45) is 0 Å². The first-order valence-electron chi connectivity index (χ1n) is 6.58. The number of anilines is 1. The molecule has 1 N–H and O–H groups in total. The van der Waals surface area contributed by atoms with Gasteiger partial charge in [-0.2, -0.15) is 0 Å². The number of hydrogen-bond acceptors (Lipinski definition) is 3. The summed E-state index contributed by atoms with van der Waals surface area (Å²) >= 11 is 0. The Kier molecular flexibility index (Phi) is 6.16. The summed E-state index contributed by atoms with van der Waals surface area (Å²) in [5.41, 5.74) is 3.97. The van der Waals surface area contributed by atoms with Crippen molar-refractivity contribution < 1.29 is 4.74 Å². The van der Waals surface area contributed by atoms with Crippen molar-refractivity contribution in [3.8, 4) is 0 Å². The van der Waals surface area contributed by atoms with Crippen molar-refractivity contribution >= 4 is 5.69 Å². The molecule has 0 aliphatic carbocycles. The molecular formula is C15H26N2O. The van der Waals surface area contributed by atoms with Crippen LogP contribution in [0.5, 0.6) is 0 Å². The molecule has 18 heavy (non-hydrogen) atoms. The lowest BCUT2D eigenvalue weighted by Gasteiger charge is -2.24. The maximum absolute atomic E-state index is 5.02. The number of hydrogen-bond donors (Lipinski definition) is 1. The molecule has 0 fully saturated rings. The van der Waals surface area contributed by atoms with E-state index in [1.807, 2.05) is 0 Å². The molecule has 0 aliphatic rings. The fourth-order valence-corrected chi connectivity index (χ4v) is 1.79. The minimum absolute atomic E-state index is 0.523. The highest BCUT2D eigenvalue weighted by Crippen LogP contribution is 2.19. The van der Waals surface area contributed by atoms with Crippen LogP contribution < -0.4 is 10.2 Å². The van der Waals surface area contributed by atoms with Crippen molar-refractivity contribution in [2.75, 3.05) is 32.2 Å². The van der Waals surface area contributed by atoms with Gasteiger partial charge in [-0.25, -0.2) is 0 Å². The number of nitrogens with zero attached hydrogens (tertiary/aromatic N) is 1. The number of methoxy groups -OCH3 is 1. The van der Waals surface area contributed by atoms with Crippen LogP contribution in [0, 0.1) is 6.92 Å². The van der Waals surface area contributed by atoms with Crippen LogP contribution in [-0.4, -0.2) is 33.4 Å². The van der Waals surface area contributed by atoms with E-state index < -0.39 is 0 Å². The van der Waals surface area contributed by atoms with Gasteiger partial charge in [0, 0.05) is 39.0 Å². The zero-order chi connectivity index (χ0) is 13.5. The third-order valence-electron chi connectivity index (χ3n) is 3.31. The normalized spacial score (nSPS) is 11.0. The lowest BCUT2D eigenvalue weighted by atomic mass is 10.1. The molecule has 0 aliphatic heterocycles. The Morgan fingerprint density at radius 2 is 2.06 bits per heavy atom. The topological polar surface area (TPSA) is 24.5 Å². The molecular weight excluding hydrogens is 224 g/mol. The standard InChI is InChI=1S/C15H26N2O/c1-12(2)17(4)15-7-6-14(13(3)10-15)11-16-8-9-18-5/h6-7,10,12,16H,8-9,11H2,1-5H3. The molecule has 0 bridgehead atoms. The molecule has 1 rings (SSSR count). The van der Waals surface area contributed by atoms with E-state index in [-0.39, 0.29) is 0 Å². The lowest BCUT2D eigenvalue weighted by Crippen LogP contribution is -2.25. The van der Waals surface area contributed by atoms with Gasteiger partial charge in [-0.15, -0.1) is 0 Å². The molecule has 1 aromatic rings. The van der Waals surface area contributed by atoms with Crippen LogP contribution in [0.25, 0.3) is 0 Å². The number of ether oxygens (including phenoxy) is 1. The van der Waals surface area contributed by atoms with E-state index in [2.05, 4.69) is 56.2 Å². The van der Waals surface area contributed by atoms with Gasteiger partial charge in [-0.3, -0.25) is 0 Å². The molecule has 0 spiro atoms. The predicted octanol–water partition coefficient (Wildman–Crippen LogP) is 2.58. The first-order chi connectivity index (χ1) is 8.56. The average Bonchev–Trinajstić information content (AvgIpc) is 2.35.